The van der Waals surface area contributed by atoms with Crippen LogP contribution < -0.4 is 10.5 Å². The lowest BCUT2D eigenvalue weighted by molar-refractivity contribution is 0.304. The van der Waals surface area contributed by atoms with Crippen molar-refractivity contribution in [2.45, 2.75) is 6.61 Å². The van der Waals surface area contributed by atoms with Crippen molar-refractivity contribution in [2.24, 2.45) is 5.73 Å². The Morgan fingerprint density at radius 2 is 2.00 bits per heavy atom. The number of nitrogen functional groups attached to an aromatic ring is 1. The Hall–Kier alpha value is -1.78. The van der Waals surface area contributed by atoms with Gasteiger partial charge < -0.3 is 10.5 Å². The van der Waals surface area contributed by atoms with Crippen LogP contribution in [0, 0.1) is 11.2 Å². The van der Waals surface area contributed by atoms with Gasteiger partial charge in [-0.25, -0.2) is 4.39 Å². The lowest BCUT2D eigenvalue weighted by Gasteiger charge is -2.12. The van der Waals surface area contributed by atoms with Crippen molar-refractivity contribution in [3.63, 3.8) is 0 Å². The second-order valence-corrected chi connectivity index (χ2v) is 4.89. The minimum absolute atomic E-state index is 0.0578. The van der Waals surface area contributed by atoms with Gasteiger partial charge in [0.1, 0.15) is 24.0 Å². The van der Waals surface area contributed by atoms with Gasteiger partial charge in [-0.3, -0.25) is 5.41 Å². The van der Waals surface area contributed by atoms with Gasteiger partial charge in [-0.15, -0.1) is 0 Å². The molecule has 0 bridgehead atoms. The zero-order valence-electron chi connectivity index (χ0n) is 10.3. The highest BCUT2D eigenvalue weighted by molar-refractivity contribution is 6.35. The van der Waals surface area contributed by atoms with Crippen molar-refractivity contribution in [2.75, 3.05) is 0 Å². The highest BCUT2D eigenvalue weighted by Crippen LogP contribution is 2.25. The molecule has 0 saturated heterocycles. The third-order valence-electron chi connectivity index (χ3n) is 2.64. The second-order valence-electron chi connectivity index (χ2n) is 4.05. The molecule has 0 aliphatic rings. The zero-order valence-corrected chi connectivity index (χ0v) is 11.8. The fourth-order valence-electron chi connectivity index (χ4n) is 1.68. The molecule has 0 aliphatic heterocycles. The first-order valence-corrected chi connectivity index (χ1v) is 6.44. The number of benzene rings is 2. The molecule has 0 unspecified atom stereocenters. The van der Waals surface area contributed by atoms with E-state index in [1.165, 1.54) is 12.1 Å². The van der Waals surface area contributed by atoms with Gasteiger partial charge in [-0.1, -0.05) is 35.3 Å². The number of hydrogen-bond donors (Lipinski definition) is 2. The highest BCUT2D eigenvalue weighted by atomic mass is 35.5. The molecular formula is C14H11Cl2FN2O. The van der Waals surface area contributed by atoms with Crippen LogP contribution in [0.3, 0.4) is 0 Å². The van der Waals surface area contributed by atoms with E-state index in [2.05, 4.69) is 0 Å². The van der Waals surface area contributed by atoms with E-state index in [9.17, 15) is 4.39 Å². The van der Waals surface area contributed by atoms with Crippen LogP contribution >= 0.6 is 23.2 Å². The van der Waals surface area contributed by atoms with E-state index in [4.69, 9.17) is 39.1 Å². The van der Waals surface area contributed by atoms with Crippen molar-refractivity contribution < 1.29 is 9.13 Å². The van der Waals surface area contributed by atoms with Gasteiger partial charge in [0.25, 0.3) is 0 Å². The van der Waals surface area contributed by atoms with Gasteiger partial charge in [0.15, 0.2) is 0 Å². The molecule has 3 N–H and O–H groups in total. The molecular weight excluding hydrogens is 302 g/mol. The number of ether oxygens (including phenoxy) is 1. The number of nitrogens with two attached hydrogens (primary N) is 1. The zero-order chi connectivity index (χ0) is 14.7. The van der Waals surface area contributed by atoms with E-state index in [0.717, 1.165) is 0 Å². The maximum atomic E-state index is 13.6. The first-order valence-electron chi connectivity index (χ1n) is 5.68. The smallest absolute Gasteiger partial charge is 0.137 e. The monoisotopic (exact) mass is 312 g/mol. The molecule has 20 heavy (non-hydrogen) atoms. The van der Waals surface area contributed by atoms with E-state index >= 15 is 0 Å². The van der Waals surface area contributed by atoms with Gasteiger partial charge in [0.05, 0.1) is 5.56 Å². The molecule has 2 aromatic carbocycles. The molecule has 0 fully saturated rings. The summed E-state index contributed by atoms with van der Waals surface area (Å²) in [6, 6.07) is 9.25. The molecule has 0 aliphatic carbocycles. The second kappa shape index (κ2) is 6.11. The highest BCUT2D eigenvalue weighted by Gasteiger charge is 2.13. The third-order valence-corrected chi connectivity index (χ3v) is 3.23. The average molecular weight is 313 g/mol. The molecule has 2 aromatic rings. The summed E-state index contributed by atoms with van der Waals surface area (Å²) < 4.78 is 19.1. The third kappa shape index (κ3) is 3.21. The van der Waals surface area contributed by atoms with Crippen LogP contribution in [-0.2, 0) is 6.61 Å². The number of nitrogens with one attached hydrogen (secondary N) is 1. The molecule has 0 radical (unpaired) electrons. The summed E-state index contributed by atoms with van der Waals surface area (Å²) >= 11 is 11.8. The van der Waals surface area contributed by atoms with Crippen LogP contribution in [0.2, 0.25) is 10.0 Å². The summed E-state index contributed by atoms with van der Waals surface area (Å²) in [4.78, 5) is 0. The van der Waals surface area contributed by atoms with Crippen molar-refractivity contribution in [3.05, 3.63) is 63.4 Å². The van der Waals surface area contributed by atoms with E-state index in [1.807, 2.05) is 0 Å². The topological polar surface area (TPSA) is 59.1 Å². The average Bonchev–Trinajstić information content (AvgIpc) is 2.37. The predicted octanol–water partition coefficient (Wildman–Crippen LogP) is 4.00. The molecule has 0 heterocycles. The van der Waals surface area contributed by atoms with Crippen LogP contribution in [0.1, 0.15) is 11.1 Å². The quantitative estimate of drug-likeness (QED) is 0.662. The maximum absolute atomic E-state index is 13.6. The van der Waals surface area contributed by atoms with Crippen LogP contribution in [0.5, 0.6) is 5.75 Å². The van der Waals surface area contributed by atoms with Crippen LogP contribution in [-0.4, -0.2) is 5.84 Å². The van der Waals surface area contributed by atoms with Gasteiger partial charge in [0, 0.05) is 15.6 Å². The van der Waals surface area contributed by atoms with Crippen molar-refractivity contribution in [1.82, 2.24) is 0 Å². The predicted molar refractivity (Wildman–Crippen MR) is 78.2 cm³/mol. The SMILES string of the molecule is N=C(N)c1c(F)cccc1OCc1ccc(Cl)cc1Cl. The largest absolute Gasteiger partial charge is 0.488 e. The Morgan fingerprint density at radius 1 is 1.25 bits per heavy atom. The lowest BCUT2D eigenvalue weighted by Crippen LogP contribution is -2.15. The Kier molecular flexibility index (Phi) is 4.47. The summed E-state index contributed by atoms with van der Waals surface area (Å²) in [5, 5.41) is 8.36. The first-order chi connectivity index (χ1) is 9.49. The van der Waals surface area contributed by atoms with Gasteiger partial charge in [-0.05, 0) is 24.3 Å². The first kappa shape index (κ1) is 14.6. The number of hydrogen-bond acceptors (Lipinski definition) is 2. The molecule has 2 rings (SSSR count). The molecule has 0 aromatic heterocycles. The maximum Gasteiger partial charge on any atom is 0.137 e. The molecule has 0 saturated carbocycles. The molecule has 0 amide bonds. The molecule has 0 atom stereocenters. The Bertz CT molecular complexity index is 662. The van der Waals surface area contributed by atoms with Crippen molar-refractivity contribution >= 4 is 29.0 Å². The standard InChI is InChI=1S/C14H11Cl2FN2O/c15-9-5-4-8(10(16)6-9)7-20-12-3-1-2-11(17)13(12)14(18)19/h1-6H,7H2,(H3,18,19). The fourth-order valence-corrected chi connectivity index (χ4v) is 2.14. The van der Waals surface area contributed by atoms with Crippen LogP contribution in [0.15, 0.2) is 36.4 Å². The number of rotatable bonds is 4. The van der Waals surface area contributed by atoms with Gasteiger partial charge in [0.2, 0.25) is 0 Å². The normalized spacial score (nSPS) is 10.3. The van der Waals surface area contributed by atoms with E-state index in [1.54, 1.807) is 24.3 Å². The Balaban J connectivity index is 2.23. The summed E-state index contributed by atoms with van der Waals surface area (Å²) in [5.74, 6) is -0.791. The minimum Gasteiger partial charge on any atom is -0.488 e. The summed E-state index contributed by atoms with van der Waals surface area (Å²) in [6.07, 6.45) is 0. The van der Waals surface area contributed by atoms with Gasteiger partial charge >= 0.3 is 0 Å². The minimum atomic E-state index is -0.600. The fraction of sp³-hybridized carbons (Fsp3) is 0.0714. The number of halogens is 3. The summed E-state index contributed by atoms with van der Waals surface area (Å²) in [6.45, 7) is 0.125. The molecule has 3 nitrogen and oxygen atoms in total. The Morgan fingerprint density at radius 3 is 2.65 bits per heavy atom. The summed E-state index contributed by atoms with van der Waals surface area (Å²) in [5.41, 5.74) is 6.00. The lowest BCUT2D eigenvalue weighted by atomic mass is 10.1. The van der Waals surface area contributed by atoms with Crippen molar-refractivity contribution in [3.8, 4) is 5.75 Å². The molecule has 0 spiro atoms. The van der Waals surface area contributed by atoms with E-state index in [0.29, 0.717) is 15.6 Å². The summed E-state index contributed by atoms with van der Waals surface area (Å²) in [7, 11) is 0. The van der Waals surface area contributed by atoms with Crippen LogP contribution in [0.25, 0.3) is 0 Å². The molecule has 104 valence electrons. The molecule has 6 heteroatoms. The van der Waals surface area contributed by atoms with E-state index < -0.39 is 5.82 Å². The Labute approximate surface area is 125 Å². The van der Waals surface area contributed by atoms with Gasteiger partial charge in [-0.2, -0.15) is 0 Å². The number of amidine groups is 1. The van der Waals surface area contributed by atoms with Crippen LogP contribution in [0.4, 0.5) is 4.39 Å². The van der Waals surface area contributed by atoms with E-state index in [-0.39, 0.29) is 23.8 Å². The van der Waals surface area contributed by atoms with Crippen molar-refractivity contribution in [1.29, 1.82) is 5.41 Å².